The molecule has 0 fully saturated rings. The van der Waals surface area contributed by atoms with Crippen LogP contribution in [0.3, 0.4) is 0 Å². The van der Waals surface area contributed by atoms with Crippen molar-refractivity contribution < 1.29 is 9.90 Å². The molecule has 0 heterocycles. The summed E-state index contributed by atoms with van der Waals surface area (Å²) in [4.78, 5) is 11.1. The Morgan fingerprint density at radius 2 is 2.15 bits per heavy atom. The minimum Gasteiger partial charge on any atom is -0.396 e. The largest absolute Gasteiger partial charge is 0.396 e. The molecule has 0 saturated heterocycles. The number of nitrogens with one attached hydrogen (secondary N) is 1. The third-order valence-corrected chi connectivity index (χ3v) is 3.08. The predicted octanol–water partition coefficient (Wildman–Crippen LogP) is 1.02. The smallest absolute Gasteiger partial charge is 0.220 e. The molecule has 0 aromatic heterocycles. The molecule has 0 aliphatic heterocycles. The minimum absolute atomic E-state index is 0.0242. The van der Waals surface area contributed by atoms with Crippen molar-refractivity contribution in [3.05, 3.63) is 0 Å². The van der Waals surface area contributed by atoms with Crippen LogP contribution in [0.2, 0.25) is 0 Å². The first-order valence-corrected chi connectivity index (χ1v) is 5.67. The second-order valence-corrected chi connectivity index (χ2v) is 5.08. The Morgan fingerprint density at radius 3 is 2.62 bits per heavy atom. The van der Waals surface area contributed by atoms with E-state index in [1.807, 2.05) is 6.26 Å². The van der Waals surface area contributed by atoms with Crippen LogP contribution in [-0.4, -0.2) is 35.2 Å². The van der Waals surface area contributed by atoms with Gasteiger partial charge in [0.1, 0.15) is 0 Å². The van der Waals surface area contributed by atoms with Gasteiger partial charge < -0.3 is 10.4 Å². The molecule has 0 rings (SSSR count). The second-order valence-electron chi connectivity index (χ2n) is 3.57. The number of hydrogen-bond acceptors (Lipinski definition) is 3. The highest BCUT2D eigenvalue weighted by Crippen LogP contribution is 2.19. The van der Waals surface area contributed by atoms with E-state index in [4.69, 9.17) is 5.11 Å². The lowest BCUT2D eigenvalue weighted by Crippen LogP contribution is -2.35. The van der Waals surface area contributed by atoms with E-state index in [1.165, 1.54) is 0 Å². The van der Waals surface area contributed by atoms with Gasteiger partial charge in [0.05, 0.1) is 0 Å². The highest BCUT2D eigenvalue weighted by atomic mass is 32.2. The van der Waals surface area contributed by atoms with Crippen LogP contribution in [0.1, 0.15) is 26.7 Å². The van der Waals surface area contributed by atoms with E-state index in [-0.39, 0.29) is 17.3 Å². The van der Waals surface area contributed by atoms with Crippen LogP contribution in [0.15, 0.2) is 0 Å². The van der Waals surface area contributed by atoms with Crippen molar-refractivity contribution in [1.29, 1.82) is 0 Å². The number of carbonyl (C=O) groups excluding carboxylic acids is 1. The fourth-order valence-corrected chi connectivity index (χ4v) is 0.928. The number of hydrogen-bond donors (Lipinski definition) is 2. The summed E-state index contributed by atoms with van der Waals surface area (Å²) in [5.74, 6) is 0.0242. The van der Waals surface area contributed by atoms with Gasteiger partial charge in [0, 0.05) is 24.3 Å². The summed E-state index contributed by atoms with van der Waals surface area (Å²) < 4.78 is 0.0921. The molecular weight excluding hydrogens is 186 g/mol. The number of carbonyl (C=O) groups is 1. The quantitative estimate of drug-likeness (QED) is 0.680. The molecule has 0 aliphatic rings. The Kier molecular flexibility index (Phi) is 6.16. The topological polar surface area (TPSA) is 49.3 Å². The van der Waals surface area contributed by atoms with Gasteiger partial charge in [-0.25, -0.2) is 0 Å². The predicted molar refractivity (Wildman–Crippen MR) is 56.9 cm³/mol. The molecule has 1 amide bonds. The SMILES string of the molecule is CSC(C)(C)CNC(=O)CCCO. The highest BCUT2D eigenvalue weighted by Gasteiger charge is 2.16. The van der Waals surface area contributed by atoms with Crippen molar-refractivity contribution in [3.8, 4) is 0 Å². The Hall–Kier alpha value is -0.220. The summed E-state index contributed by atoms with van der Waals surface area (Å²) in [6, 6.07) is 0. The summed E-state index contributed by atoms with van der Waals surface area (Å²) in [7, 11) is 0. The van der Waals surface area contributed by atoms with Gasteiger partial charge in [-0.15, -0.1) is 0 Å². The van der Waals surface area contributed by atoms with Crippen molar-refractivity contribution in [2.24, 2.45) is 0 Å². The van der Waals surface area contributed by atoms with Gasteiger partial charge >= 0.3 is 0 Å². The Morgan fingerprint density at radius 1 is 1.54 bits per heavy atom. The normalized spacial score (nSPS) is 11.4. The zero-order chi connectivity index (χ0) is 10.3. The molecule has 13 heavy (non-hydrogen) atoms. The zero-order valence-electron chi connectivity index (χ0n) is 8.59. The summed E-state index contributed by atoms with van der Waals surface area (Å²) in [6.07, 6.45) is 2.99. The minimum atomic E-state index is 0.0242. The molecule has 0 aliphatic carbocycles. The lowest BCUT2D eigenvalue weighted by molar-refractivity contribution is -0.121. The number of amides is 1. The first-order chi connectivity index (χ1) is 6.02. The van der Waals surface area contributed by atoms with Gasteiger partial charge in [-0.3, -0.25) is 4.79 Å². The molecular formula is C9H19NO2S. The van der Waals surface area contributed by atoms with Crippen molar-refractivity contribution >= 4 is 17.7 Å². The van der Waals surface area contributed by atoms with Crippen molar-refractivity contribution in [2.75, 3.05) is 19.4 Å². The summed E-state index contributed by atoms with van der Waals surface area (Å²) in [5, 5.41) is 11.3. The van der Waals surface area contributed by atoms with Gasteiger partial charge in [-0.1, -0.05) is 0 Å². The number of thioether (sulfide) groups is 1. The molecule has 0 spiro atoms. The fraction of sp³-hybridized carbons (Fsp3) is 0.889. The molecule has 2 N–H and O–H groups in total. The average Bonchev–Trinajstić information content (AvgIpc) is 2.11. The summed E-state index contributed by atoms with van der Waals surface area (Å²) >= 11 is 1.73. The maximum atomic E-state index is 11.1. The summed E-state index contributed by atoms with van der Waals surface area (Å²) in [5.41, 5.74) is 0. The lowest BCUT2D eigenvalue weighted by Gasteiger charge is -2.22. The van der Waals surface area contributed by atoms with E-state index < -0.39 is 0 Å². The molecule has 0 aromatic carbocycles. The highest BCUT2D eigenvalue weighted by molar-refractivity contribution is 7.99. The maximum Gasteiger partial charge on any atom is 0.220 e. The Balaban J connectivity index is 3.57. The molecule has 4 heteroatoms. The van der Waals surface area contributed by atoms with E-state index in [2.05, 4.69) is 19.2 Å². The van der Waals surface area contributed by atoms with Gasteiger partial charge in [-0.2, -0.15) is 11.8 Å². The fourth-order valence-electron chi connectivity index (χ4n) is 0.712. The first kappa shape index (κ1) is 12.8. The summed E-state index contributed by atoms with van der Waals surface area (Å²) in [6.45, 7) is 4.94. The van der Waals surface area contributed by atoms with Gasteiger partial charge in [0.15, 0.2) is 0 Å². The number of aliphatic hydroxyl groups excluding tert-OH is 1. The molecule has 78 valence electrons. The van der Waals surface area contributed by atoms with E-state index in [9.17, 15) is 4.79 Å². The molecule has 0 radical (unpaired) electrons. The third-order valence-electron chi connectivity index (χ3n) is 1.83. The average molecular weight is 205 g/mol. The number of aliphatic hydroxyl groups is 1. The lowest BCUT2D eigenvalue weighted by atomic mass is 10.2. The maximum absolute atomic E-state index is 11.1. The van der Waals surface area contributed by atoms with Crippen LogP contribution in [0.4, 0.5) is 0 Å². The molecule has 3 nitrogen and oxygen atoms in total. The van der Waals surface area contributed by atoms with Gasteiger partial charge in [0.2, 0.25) is 5.91 Å². The molecule has 0 unspecified atom stereocenters. The van der Waals surface area contributed by atoms with Gasteiger partial charge in [-0.05, 0) is 26.5 Å². The van der Waals surface area contributed by atoms with Crippen LogP contribution >= 0.6 is 11.8 Å². The van der Waals surface area contributed by atoms with Crippen LogP contribution < -0.4 is 5.32 Å². The van der Waals surface area contributed by atoms with Crippen molar-refractivity contribution in [1.82, 2.24) is 5.32 Å². The second kappa shape index (κ2) is 6.27. The van der Waals surface area contributed by atoms with E-state index >= 15 is 0 Å². The Bertz CT molecular complexity index is 160. The standard InChI is InChI=1S/C9H19NO2S/c1-9(2,13-3)7-10-8(12)5-4-6-11/h11H,4-7H2,1-3H3,(H,10,12). The zero-order valence-corrected chi connectivity index (χ0v) is 9.41. The Labute approximate surface area is 84.3 Å². The van der Waals surface area contributed by atoms with E-state index in [0.29, 0.717) is 19.4 Å². The molecule has 0 bridgehead atoms. The third kappa shape index (κ3) is 6.90. The van der Waals surface area contributed by atoms with Crippen LogP contribution in [-0.2, 0) is 4.79 Å². The number of rotatable bonds is 6. The van der Waals surface area contributed by atoms with Crippen molar-refractivity contribution in [2.45, 2.75) is 31.4 Å². The van der Waals surface area contributed by atoms with Gasteiger partial charge in [0.25, 0.3) is 0 Å². The van der Waals surface area contributed by atoms with Crippen molar-refractivity contribution in [3.63, 3.8) is 0 Å². The molecule has 0 atom stereocenters. The van der Waals surface area contributed by atoms with Crippen LogP contribution in [0.25, 0.3) is 0 Å². The monoisotopic (exact) mass is 205 g/mol. The molecule has 0 saturated carbocycles. The van der Waals surface area contributed by atoms with Crippen LogP contribution in [0.5, 0.6) is 0 Å². The van der Waals surface area contributed by atoms with E-state index in [0.717, 1.165) is 0 Å². The van der Waals surface area contributed by atoms with E-state index in [1.54, 1.807) is 11.8 Å². The van der Waals surface area contributed by atoms with Crippen LogP contribution in [0, 0.1) is 0 Å². The molecule has 0 aromatic rings. The first-order valence-electron chi connectivity index (χ1n) is 4.44.